The molecule has 136 valence electrons. The van der Waals surface area contributed by atoms with Gasteiger partial charge in [0.15, 0.2) is 0 Å². The van der Waals surface area contributed by atoms with Crippen molar-refractivity contribution in [1.29, 1.82) is 0 Å². The van der Waals surface area contributed by atoms with Gasteiger partial charge >= 0.3 is 0 Å². The number of amides is 1. The van der Waals surface area contributed by atoms with Crippen LogP contribution in [0.25, 0.3) is 0 Å². The Morgan fingerprint density at radius 2 is 2.08 bits per heavy atom. The van der Waals surface area contributed by atoms with Crippen molar-refractivity contribution in [3.05, 3.63) is 70.8 Å². The van der Waals surface area contributed by atoms with Gasteiger partial charge in [-0.05, 0) is 31.5 Å². The molecule has 0 saturated heterocycles. The fourth-order valence-electron chi connectivity index (χ4n) is 3.08. The zero-order chi connectivity index (χ0) is 18.8. The van der Waals surface area contributed by atoms with Crippen molar-refractivity contribution in [1.82, 2.24) is 24.6 Å². The number of hydrogen-bond acceptors (Lipinski definition) is 3. The lowest BCUT2D eigenvalue weighted by Gasteiger charge is -2.19. The average Bonchev–Trinajstić information content (AvgIpc) is 3.11. The van der Waals surface area contributed by atoms with Gasteiger partial charge in [-0.15, -0.1) is 0 Å². The maximum Gasteiger partial charge on any atom is 0.225 e. The molecule has 3 aromatic rings. The summed E-state index contributed by atoms with van der Waals surface area (Å²) in [5.74, 6) is 0.125. The second-order valence-electron chi connectivity index (χ2n) is 6.40. The van der Waals surface area contributed by atoms with Gasteiger partial charge in [0.1, 0.15) is 17.7 Å². The highest BCUT2D eigenvalue weighted by Crippen LogP contribution is 2.22. The van der Waals surface area contributed by atoms with Crippen LogP contribution < -0.4 is 5.32 Å². The molecule has 7 heteroatoms. The Morgan fingerprint density at radius 1 is 1.31 bits per heavy atom. The van der Waals surface area contributed by atoms with E-state index in [-0.39, 0.29) is 18.1 Å². The first-order chi connectivity index (χ1) is 12.4. The summed E-state index contributed by atoms with van der Waals surface area (Å²) in [6.07, 6.45) is 3.66. The topological polar surface area (TPSA) is 64.7 Å². The molecule has 0 spiro atoms. The second kappa shape index (κ2) is 7.11. The predicted octanol–water partition coefficient (Wildman–Crippen LogP) is 2.36. The van der Waals surface area contributed by atoms with Crippen molar-refractivity contribution in [2.45, 2.75) is 26.3 Å². The number of hydrogen-bond donors (Lipinski definition) is 1. The molecule has 0 aliphatic heterocycles. The van der Waals surface area contributed by atoms with E-state index in [4.69, 9.17) is 0 Å². The van der Waals surface area contributed by atoms with Crippen molar-refractivity contribution in [3.8, 4) is 0 Å². The Balaban J connectivity index is 1.88. The van der Waals surface area contributed by atoms with Crippen LogP contribution in [0.3, 0.4) is 0 Å². The van der Waals surface area contributed by atoms with E-state index in [1.807, 2.05) is 32.5 Å². The van der Waals surface area contributed by atoms with Crippen LogP contribution in [-0.2, 0) is 25.3 Å². The number of imidazole rings is 1. The molecule has 0 saturated carbocycles. The van der Waals surface area contributed by atoms with E-state index >= 15 is 0 Å². The zero-order valence-corrected chi connectivity index (χ0v) is 15.3. The first kappa shape index (κ1) is 17.8. The summed E-state index contributed by atoms with van der Waals surface area (Å²) in [5, 5.41) is 7.34. The molecule has 0 unspecified atom stereocenters. The van der Waals surface area contributed by atoms with Crippen LogP contribution in [0.4, 0.5) is 4.39 Å². The van der Waals surface area contributed by atoms with Gasteiger partial charge in [0.05, 0.1) is 12.1 Å². The summed E-state index contributed by atoms with van der Waals surface area (Å²) >= 11 is 0. The number of carbonyl (C=O) groups excluding carboxylic acids is 1. The van der Waals surface area contributed by atoms with Crippen LogP contribution in [0.2, 0.25) is 0 Å². The molecule has 0 bridgehead atoms. The molecule has 3 rings (SSSR count). The molecule has 2 aromatic heterocycles. The second-order valence-corrected chi connectivity index (χ2v) is 6.40. The highest BCUT2D eigenvalue weighted by Gasteiger charge is 2.22. The van der Waals surface area contributed by atoms with Crippen LogP contribution in [0.5, 0.6) is 0 Å². The highest BCUT2D eigenvalue weighted by molar-refractivity contribution is 5.80. The number of nitrogens with zero attached hydrogens (tertiary/aromatic N) is 4. The Kier molecular flexibility index (Phi) is 4.88. The minimum absolute atomic E-state index is 0.165. The number of rotatable bonds is 5. The van der Waals surface area contributed by atoms with Crippen LogP contribution in [-0.4, -0.2) is 25.2 Å². The molecule has 26 heavy (non-hydrogen) atoms. The molecule has 1 aromatic carbocycles. The summed E-state index contributed by atoms with van der Waals surface area (Å²) in [4.78, 5) is 17.1. The smallest absolute Gasteiger partial charge is 0.225 e. The molecule has 6 nitrogen and oxygen atoms in total. The van der Waals surface area contributed by atoms with E-state index in [1.54, 1.807) is 29.2 Å². The molecular weight excluding hydrogens is 333 g/mol. The van der Waals surface area contributed by atoms with Crippen molar-refractivity contribution in [2.24, 2.45) is 14.1 Å². The Labute approximate surface area is 151 Å². The third kappa shape index (κ3) is 3.51. The molecule has 0 aliphatic rings. The SMILES string of the molecule is Cc1nn(C)c(C)c1CC(=O)N[C@H](c1cccc(F)c1)c1nccn1C. The Morgan fingerprint density at radius 3 is 2.65 bits per heavy atom. The predicted molar refractivity (Wildman–Crippen MR) is 96.0 cm³/mol. The third-order valence-corrected chi connectivity index (χ3v) is 4.60. The molecule has 2 heterocycles. The summed E-state index contributed by atoms with van der Waals surface area (Å²) in [5.41, 5.74) is 3.34. The van der Waals surface area contributed by atoms with E-state index in [2.05, 4.69) is 15.4 Å². The number of aryl methyl sites for hydroxylation is 3. The molecule has 1 atom stereocenters. The third-order valence-electron chi connectivity index (χ3n) is 4.60. The van der Waals surface area contributed by atoms with Gasteiger partial charge in [-0.2, -0.15) is 5.10 Å². The first-order valence-electron chi connectivity index (χ1n) is 8.38. The number of aromatic nitrogens is 4. The summed E-state index contributed by atoms with van der Waals surface area (Å²) in [6, 6.07) is 5.67. The largest absolute Gasteiger partial charge is 0.342 e. The standard InChI is InChI=1S/C19H22FN5O/c1-12-16(13(2)25(4)23-12)11-17(26)22-18(19-21-8-9-24(19)3)14-6-5-7-15(20)10-14/h5-10,18H,11H2,1-4H3,(H,22,26)/t18-/m1/s1. The Hall–Kier alpha value is -2.96. The molecule has 0 radical (unpaired) electrons. The van der Waals surface area contributed by atoms with Crippen molar-refractivity contribution in [3.63, 3.8) is 0 Å². The normalized spacial score (nSPS) is 12.2. The lowest BCUT2D eigenvalue weighted by Crippen LogP contribution is -2.32. The van der Waals surface area contributed by atoms with Gasteiger partial charge in [0.25, 0.3) is 0 Å². The average molecular weight is 355 g/mol. The van der Waals surface area contributed by atoms with E-state index < -0.39 is 6.04 Å². The van der Waals surface area contributed by atoms with Gasteiger partial charge in [-0.25, -0.2) is 9.37 Å². The number of nitrogens with one attached hydrogen (secondary N) is 1. The van der Waals surface area contributed by atoms with Gasteiger partial charge in [0.2, 0.25) is 5.91 Å². The van der Waals surface area contributed by atoms with Crippen LogP contribution >= 0.6 is 0 Å². The summed E-state index contributed by atoms with van der Waals surface area (Å²) in [7, 11) is 3.70. The highest BCUT2D eigenvalue weighted by atomic mass is 19.1. The summed E-state index contributed by atoms with van der Waals surface area (Å²) < 4.78 is 17.3. The molecular formula is C19H22FN5O. The van der Waals surface area contributed by atoms with E-state index in [0.29, 0.717) is 11.4 Å². The molecule has 1 amide bonds. The van der Waals surface area contributed by atoms with E-state index in [0.717, 1.165) is 17.0 Å². The minimum Gasteiger partial charge on any atom is -0.342 e. The Bertz CT molecular complexity index is 943. The van der Waals surface area contributed by atoms with Gasteiger partial charge < -0.3 is 9.88 Å². The zero-order valence-electron chi connectivity index (χ0n) is 15.3. The molecule has 0 aliphatic carbocycles. The van der Waals surface area contributed by atoms with E-state index in [9.17, 15) is 9.18 Å². The van der Waals surface area contributed by atoms with Crippen molar-refractivity contribution < 1.29 is 9.18 Å². The van der Waals surface area contributed by atoms with Crippen LogP contribution in [0, 0.1) is 19.7 Å². The van der Waals surface area contributed by atoms with Gasteiger partial charge in [-0.3, -0.25) is 9.48 Å². The van der Waals surface area contributed by atoms with Crippen molar-refractivity contribution >= 4 is 5.91 Å². The number of carbonyl (C=O) groups is 1. The monoisotopic (exact) mass is 355 g/mol. The minimum atomic E-state index is -0.532. The van der Waals surface area contributed by atoms with Gasteiger partial charge in [0, 0.05) is 37.7 Å². The van der Waals surface area contributed by atoms with Crippen molar-refractivity contribution in [2.75, 3.05) is 0 Å². The summed E-state index contributed by atoms with van der Waals surface area (Å²) in [6.45, 7) is 3.82. The number of benzene rings is 1. The van der Waals surface area contributed by atoms with Crippen LogP contribution in [0.1, 0.15) is 34.4 Å². The maximum atomic E-state index is 13.7. The van der Waals surface area contributed by atoms with E-state index in [1.165, 1.54) is 12.1 Å². The fraction of sp³-hybridized carbons (Fsp3) is 0.316. The maximum absolute atomic E-state index is 13.7. The quantitative estimate of drug-likeness (QED) is 0.764. The molecule has 1 N–H and O–H groups in total. The molecule has 0 fully saturated rings. The number of halogens is 1. The lowest BCUT2D eigenvalue weighted by molar-refractivity contribution is -0.121. The first-order valence-corrected chi connectivity index (χ1v) is 8.38. The lowest BCUT2D eigenvalue weighted by atomic mass is 10.0. The van der Waals surface area contributed by atoms with Crippen LogP contribution in [0.15, 0.2) is 36.7 Å². The van der Waals surface area contributed by atoms with Gasteiger partial charge in [-0.1, -0.05) is 12.1 Å². The fourth-order valence-corrected chi connectivity index (χ4v) is 3.08.